The highest BCUT2D eigenvalue weighted by molar-refractivity contribution is 6.36. The van der Waals surface area contributed by atoms with Gasteiger partial charge < -0.3 is 16.2 Å². The Bertz CT molecular complexity index is 419. The van der Waals surface area contributed by atoms with E-state index in [1.807, 2.05) is 13.8 Å². The van der Waals surface area contributed by atoms with E-state index in [2.05, 4.69) is 5.32 Å². The van der Waals surface area contributed by atoms with Crippen molar-refractivity contribution in [1.82, 2.24) is 5.32 Å². The standard InChI is InChI=1S/C12H17ClN2O2/c1-12(2,7-16)6-15-11(17)8-4-3-5-9(14)10(8)13/h3-5,16H,6-7,14H2,1-2H3,(H,15,17). The number of carbonyl (C=O) groups is 1. The molecule has 1 amide bonds. The number of aliphatic hydroxyl groups is 1. The summed E-state index contributed by atoms with van der Waals surface area (Å²) in [6.45, 7) is 4.08. The monoisotopic (exact) mass is 256 g/mol. The van der Waals surface area contributed by atoms with Gasteiger partial charge in [-0.1, -0.05) is 31.5 Å². The molecule has 0 fully saturated rings. The van der Waals surface area contributed by atoms with Gasteiger partial charge >= 0.3 is 0 Å². The van der Waals surface area contributed by atoms with Crippen LogP contribution in [0.5, 0.6) is 0 Å². The Hall–Kier alpha value is -1.26. The van der Waals surface area contributed by atoms with Crippen LogP contribution in [0.1, 0.15) is 24.2 Å². The average molecular weight is 257 g/mol. The summed E-state index contributed by atoms with van der Waals surface area (Å²) in [6.07, 6.45) is 0. The van der Waals surface area contributed by atoms with Crippen molar-refractivity contribution in [2.24, 2.45) is 5.41 Å². The lowest BCUT2D eigenvalue weighted by Gasteiger charge is -2.22. The highest BCUT2D eigenvalue weighted by Crippen LogP contribution is 2.23. The molecule has 0 aliphatic rings. The fraction of sp³-hybridized carbons (Fsp3) is 0.417. The lowest BCUT2D eigenvalue weighted by atomic mass is 9.95. The summed E-state index contributed by atoms with van der Waals surface area (Å²) >= 11 is 5.94. The summed E-state index contributed by atoms with van der Waals surface area (Å²) in [5, 5.41) is 12.1. The molecule has 0 saturated heterocycles. The van der Waals surface area contributed by atoms with Crippen molar-refractivity contribution >= 4 is 23.2 Å². The average Bonchev–Trinajstić information content (AvgIpc) is 2.30. The second-order valence-corrected chi connectivity index (χ2v) is 5.09. The van der Waals surface area contributed by atoms with E-state index < -0.39 is 0 Å². The molecule has 94 valence electrons. The summed E-state index contributed by atoms with van der Waals surface area (Å²) in [6, 6.07) is 4.92. The number of nitrogen functional groups attached to an aromatic ring is 1. The largest absolute Gasteiger partial charge is 0.398 e. The predicted molar refractivity (Wildman–Crippen MR) is 69.1 cm³/mol. The Morgan fingerprint density at radius 3 is 2.76 bits per heavy atom. The van der Waals surface area contributed by atoms with Crippen LogP contribution in [0.15, 0.2) is 18.2 Å². The highest BCUT2D eigenvalue weighted by atomic mass is 35.5. The van der Waals surface area contributed by atoms with Crippen molar-refractivity contribution in [3.05, 3.63) is 28.8 Å². The third-order valence-electron chi connectivity index (χ3n) is 2.43. The molecular weight excluding hydrogens is 240 g/mol. The normalized spacial score (nSPS) is 11.3. The van der Waals surface area contributed by atoms with Crippen molar-refractivity contribution in [1.29, 1.82) is 0 Å². The molecule has 0 radical (unpaired) electrons. The number of benzene rings is 1. The number of carbonyl (C=O) groups excluding carboxylic acids is 1. The topological polar surface area (TPSA) is 75.3 Å². The van der Waals surface area contributed by atoms with Crippen LogP contribution >= 0.6 is 11.6 Å². The van der Waals surface area contributed by atoms with Gasteiger partial charge in [0.2, 0.25) is 0 Å². The molecule has 0 saturated carbocycles. The SMILES string of the molecule is CC(C)(CO)CNC(=O)c1cccc(N)c1Cl. The molecular formula is C12H17ClN2O2. The fourth-order valence-corrected chi connectivity index (χ4v) is 1.41. The molecule has 17 heavy (non-hydrogen) atoms. The van der Waals surface area contributed by atoms with Crippen LogP contribution in [-0.2, 0) is 0 Å². The van der Waals surface area contributed by atoms with Gasteiger partial charge in [-0.25, -0.2) is 0 Å². The first-order valence-corrected chi connectivity index (χ1v) is 5.68. The molecule has 0 unspecified atom stereocenters. The first-order chi connectivity index (χ1) is 7.87. The number of hydrogen-bond acceptors (Lipinski definition) is 3. The van der Waals surface area contributed by atoms with E-state index >= 15 is 0 Å². The van der Waals surface area contributed by atoms with E-state index in [1.165, 1.54) is 0 Å². The summed E-state index contributed by atoms with van der Waals surface area (Å²) < 4.78 is 0. The molecule has 4 N–H and O–H groups in total. The van der Waals surface area contributed by atoms with E-state index in [9.17, 15) is 4.79 Å². The Morgan fingerprint density at radius 1 is 1.53 bits per heavy atom. The van der Waals surface area contributed by atoms with E-state index in [4.69, 9.17) is 22.4 Å². The molecule has 0 aliphatic carbocycles. The van der Waals surface area contributed by atoms with Gasteiger partial charge in [-0.05, 0) is 12.1 Å². The number of aliphatic hydroxyl groups excluding tert-OH is 1. The van der Waals surface area contributed by atoms with Gasteiger partial charge in [-0.3, -0.25) is 4.79 Å². The summed E-state index contributed by atoms with van der Waals surface area (Å²) in [5.74, 6) is -0.288. The van der Waals surface area contributed by atoms with Crippen LogP contribution in [0.4, 0.5) is 5.69 Å². The van der Waals surface area contributed by atoms with E-state index in [-0.39, 0.29) is 23.0 Å². The second-order valence-electron chi connectivity index (χ2n) is 4.71. The van der Waals surface area contributed by atoms with Crippen molar-refractivity contribution in [3.63, 3.8) is 0 Å². The fourth-order valence-electron chi connectivity index (χ4n) is 1.20. The lowest BCUT2D eigenvalue weighted by molar-refractivity contribution is 0.0911. The molecule has 0 aromatic heterocycles. The zero-order chi connectivity index (χ0) is 13.1. The van der Waals surface area contributed by atoms with Crippen LogP contribution in [0.3, 0.4) is 0 Å². The molecule has 1 aromatic carbocycles. The van der Waals surface area contributed by atoms with Gasteiger partial charge in [0.1, 0.15) is 0 Å². The lowest BCUT2D eigenvalue weighted by Crippen LogP contribution is -2.36. The minimum absolute atomic E-state index is 0.00204. The maximum Gasteiger partial charge on any atom is 0.252 e. The van der Waals surface area contributed by atoms with Gasteiger partial charge in [0.15, 0.2) is 0 Å². The molecule has 0 bridgehead atoms. The number of nitrogens with two attached hydrogens (primary N) is 1. The molecule has 0 aliphatic heterocycles. The van der Waals surface area contributed by atoms with E-state index in [0.29, 0.717) is 17.8 Å². The summed E-state index contributed by atoms with van der Waals surface area (Å²) in [4.78, 5) is 11.8. The molecule has 0 atom stereocenters. The van der Waals surface area contributed by atoms with Crippen LogP contribution in [0, 0.1) is 5.41 Å². The Labute approximate surface area is 106 Å². The Morgan fingerprint density at radius 2 is 2.18 bits per heavy atom. The van der Waals surface area contributed by atoms with Gasteiger partial charge in [0.25, 0.3) is 5.91 Å². The van der Waals surface area contributed by atoms with Gasteiger partial charge in [-0.2, -0.15) is 0 Å². The van der Waals surface area contributed by atoms with Gasteiger partial charge in [0, 0.05) is 18.6 Å². The van der Waals surface area contributed by atoms with Crippen LogP contribution in [-0.4, -0.2) is 24.2 Å². The minimum Gasteiger partial charge on any atom is -0.398 e. The van der Waals surface area contributed by atoms with Crippen LogP contribution in [0.2, 0.25) is 5.02 Å². The number of halogens is 1. The molecule has 1 aromatic rings. The van der Waals surface area contributed by atoms with Crippen LogP contribution < -0.4 is 11.1 Å². The number of anilines is 1. The van der Waals surface area contributed by atoms with Crippen molar-refractivity contribution in [2.45, 2.75) is 13.8 Å². The maximum atomic E-state index is 11.8. The van der Waals surface area contributed by atoms with Gasteiger partial charge in [0.05, 0.1) is 16.3 Å². The van der Waals surface area contributed by atoms with Crippen molar-refractivity contribution < 1.29 is 9.90 Å². The quantitative estimate of drug-likeness (QED) is 0.718. The van der Waals surface area contributed by atoms with Crippen LogP contribution in [0.25, 0.3) is 0 Å². The zero-order valence-corrected chi connectivity index (χ0v) is 10.7. The Kier molecular flexibility index (Phi) is 4.37. The molecule has 0 heterocycles. The molecule has 0 spiro atoms. The summed E-state index contributed by atoms with van der Waals surface area (Å²) in [5.41, 5.74) is 5.98. The smallest absolute Gasteiger partial charge is 0.252 e. The highest BCUT2D eigenvalue weighted by Gasteiger charge is 2.19. The van der Waals surface area contributed by atoms with Crippen molar-refractivity contribution in [3.8, 4) is 0 Å². The first kappa shape index (κ1) is 13.8. The molecule has 1 rings (SSSR count). The zero-order valence-electron chi connectivity index (χ0n) is 9.96. The summed E-state index contributed by atoms with van der Waals surface area (Å²) in [7, 11) is 0. The first-order valence-electron chi connectivity index (χ1n) is 5.30. The maximum absolute atomic E-state index is 11.8. The number of hydrogen-bond donors (Lipinski definition) is 3. The number of nitrogens with one attached hydrogen (secondary N) is 1. The molecule has 5 heteroatoms. The third kappa shape index (κ3) is 3.61. The van der Waals surface area contributed by atoms with E-state index in [0.717, 1.165) is 0 Å². The number of amides is 1. The van der Waals surface area contributed by atoms with Gasteiger partial charge in [-0.15, -0.1) is 0 Å². The van der Waals surface area contributed by atoms with Crippen molar-refractivity contribution in [2.75, 3.05) is 18.9 Å². The predicted octanol–water partition coefficient (Wildman–Crippen LogP) is 1.67. The number of rotatable bonds is 4. The minimum atomic E-state index is -0.359. The Balaban J connectivity index is 2.74. The molecule has 4 nitrogen and oxygen atoms in total. The second kappa shape index (κ2) is 5.38. The van der Waals surface area contributed by atoms with E-state index in [1.54, 1.807) is 18.2 Å². The third-order valence-corrected chi connectivity index (χ3v) is 2.85.